The third-order valence-electron chi connectivity index (χ3n) is 5.04. The van der Waals surface area contributed by atoms with Crippen molar-refractivity contribution in [2.45, 2.75) is 19.5 Å². The summed E-state index contributed by atoms with van der Waals surface area (Å²) in [6, 6.07) is 22.6. The van der Waals surface area contributed by atoms with E-state index in [9.17, 15) is 0 Å². The van der Waals surface area contributed by atoms with Crippen LogP contribution in [-0.2, 0) is 6.54 Å². The van der Waals surface area contributed by atoms with Gasteiger partial charge in [-0.15, -0.1) is 10.2 Å². The van der Waals surface area contributed by atoms with Crippen LogP contribution in [0, 0.1) is 0 Å². The van der Waals surface area contributed by atoms with E-state index in [0.29, 0.717) is 11.8 Å². The number of fused-ring (bicyclic) bond motifs is 1. The van der Waals surface area contributed by atoms with E-state index in [1.165, 1.54) is 16.3 Å². The van der Waals surface area contributed by atoms with Gasteiger partial charge in [-0.1, -0.05) is 36.4 Å². The second-order valence-electron chi connectivity index (χ2n) is 6.95. The summed E-state index contributed by atoms with van der Waals surface area (Å²) >= 11 is 0. The highest BCUT2D eigenvalue weighted by atomic mass is 16.5. The van der Waals surface area contributed by atoms with E-state index in [2.05, 4.69) is 71.5 Å². The summed E-state index contributed by atoms with van der Waals surface area (Å²) in [7, 11) is 3.71. The molecule has 1 heterocycles. The van der Waals surface area contributed by atoms with Crippen LogP contribution in [0.5, 0.6) is 5.75 Å². The molecular weight excluding hydrogens is 350 g/mol. The van der Waals surface area contributed by atoms with Crippen molar-refractivity contribution in [3.8, 4) is 17.2 Å². The van der Waals surface area contributed by atoms with Gasteiger partial charge < -0.3 is 9.15 Å². The molecule has 1 aromatic heterocycles. The van der Waals surface area contributed by atoms with Crippen LogP contribution in [0.3, 0.4) is 0 Å². The maximum Gasteiger partial charge on any atom is 0.247 e. The molecule has 0 unspecified atom stereocenters. The maximum absolute atomic E-state index is 5.93. The SMILES string of the molecule is COc1ccc(-c2nnc([C@H](C)N(C)Cc3ccc4ccccc4c3)o2)cc1. The van der Waals surface area contributed by atoms with Gasteiger partial charge in [-0.2, -0.15) is 0 Å². The number of aromatic nitrogens is 2. The van der Waals surface area contributed by atoms with Crippen molar-refractivity contribution in [2.75, 3.05) is 14.2 Å². The van der Waals surface area contributed by atoms with Crippen LogP contribution >= 0.6 is 0 Å². The number of ether oxygens (including phenoxy) is 1. The van der Waals surface area contributed by atoms with E-state index in [1.54, 1.807) is 7.11 Å². The van der Waals surface area contributed by atoms with Gasteiger partial charge in [0.15, 0.2) is 0 Å². The molecule has 0 bridgehead atoms. The van der Waals surface area contributed by atoms with Crippen molar-refractivity contribution >= 4 is 10.8 Å². The molecule has 4 rings (SSSR count). The predicted molar refractivity (Wildman–Crippen MR) is 110 cm³/mol. The predicted octanol–water partition coefficient (Wildman–Crippen LogP) is 5.09. The van der Waals surface area contributed by atoms with Crippen molar-refractivity contribution < 1.29 is 9.15 Å². The number of rotatable bonds is 6. The Morgan fingerprint density at radius 3 is 2.46 bits per heavy atom. The summed E-state index contributed by atoms with van der Waals surface area (Å²) in [6.45, 7) is 2.87. The Balaban J connectivity index is 1.48. The van der Waals surface area contributed by atoms with Crippen LogP contribution in [0.2, 0.25) is 0 Å². The molecule has 0 amide bonds. The lowest BCUT2D eigenvalue weighted by Crippen LogP contribution is -2.22. The number of nitrogens with zero attached hydrogens (tertiary/aromatic N) is 3. The van der Waals surface area contributed by atoms with Crippen molar-refractivity contribution in [1.82, 2.24) is 15.1 Å². The first-order valence-electron chi connectivity index (χ1n) is 9.30. The zero-order chi connectivity index (χ0) is 19.5. The average Bonchev–Trinajstić information content (AvgIpc) is 3.23. The van der Waals surface area contributed by atoms with E-state index in [4.69, 9.17) is 9.15 Å². The van der Waals surface area contributed by atoms with Crippen molar-refractivity contribution in [2.24, 2.45) is 0 Å². The van der Waals surface area contributed by atoms with E-state index >= 15 is 0 Å². The maximum atomic E-state index is 5.93. The number of hydrogen-bond donors (Lipinski definition) is 0. The topological polar surface area (TPSA) is 51.4 Å². The zero-order valence-corrected chi connectivity index (χ0v) is 16.3. The first-order chi connectivity index (χ1) is 13.6. The van der Waals surface area contributed by atoms with Gasteiger partial charge in [-0.25, -0.2) is 0 Å². The third-order valence-corrected chi connectivity index (χ3v) is 5.04. The lowest BCUT2D eigenvalue weighted by atomic mass is 10.1. The molecule has 0 saturated carbocycles. The molecular formula is C23H23N3O2. The van der Waals surface area contributed by atoms with Gasteiger partial charge in [0.2, 0.25) is 11.8 Å². The number of hydrogen-bond acceptors (Lipinski definition) is 5. The molecule has 0 aliphatic carbocycles. The van der Waals surface area contributed by atoms with Gasteiger partial charge in [0.25, 0.3) is 0 Å². The summed E-state index contributed by atoms with van der Waals surface area (Å²) < 4.78 is 11.1. The molecule has 0 saturated heterocycles. The Bertz CT molecular complexity index is 1070. The third kappa shape index (κ3) is 3.75. The second-order valence-corrected chi connectivity index (χ2v) is 6.95. The molecule has 1 atom stereocenters. The van der Waals surface area contributed by atoms with Crippen LogP contribution in [0.25, 0.3) is 22.2 Å². The van der Waals surface area contributed by atoms with E-state index in [-0.39, 0.29) is 6.04 Å². The van der Waals surface area contributed by atoms with Gasteiger partial charge in [0.05, 0.1) is 13.2 Å². The minimum absolute atomic E-state index is 0.00553. The quantitative estimate of drug-likeness (QED) is 0.471. The van der Waals surface area contributed by atoms with E-state index in [0.717, 1.165) is 17.9 Å². The van der Waals surface area contributed by atoms with Gasteiger partial charge in [-0.05, 0) is 60.6 Å². The van der Waals surface area contributed by atoms with Crippen LogP contribution in [0.4, 0.5) is 0 Å². The summed E-state index contributed by atoms with van der Waals surface area (Å²) in [5, 5.41) is 11.0. The molecule has 3 aromatic carbocycles. The van der Waals surface area contributed by atoms with Gasteiger partial charge >= 0.3 is 0 Å². The Labute approximate surface area is 164 Å². The highest BCUT2D eigenvalue weighted by Gasteiger charge is 2.19. The zero-order valence-electron chi connectivity index (χ0n) is 16.3. The number of benzene rings is 3. The average molecular weight is 373 g/mol. The fourth-order valence-corrected chi connectivity index (χ4v) is 3.20. The van der Waals surface area contributed by atoms with Crippen LogP contribution in [0.1, 0.15) is 24.4 Å². The molecule has 0 aliphatic rings. The minimum Gasteiger partial charge on any atom is -0.497 e. The van der Waals surface area contributed by atoms with Crippen molar-refractivity contribution in [3.63, 3.8) is 0 Å². The molecule has 4 aromatic rings. The fraction of sp³-hybridized carbons (Fsp3) is 0.217. The Kier molecular flexibility index (Phi) is 5.08. The Morgan fingerprint density at radius 1 is 0.964 bits per heavy atom. The highest BCUT2D eigenvalue weighted by Crippen LogP contribution is 2.26. The van der Waals surface area contributed by atoms with Crippen LogP contribution in [-0.4, -0.2) is 29.3 Å². The largest absolute Gasteiger partial charge is 0.497 e. The Morgan fingerprint density at radius 2 is 1.71 bits per heavy atom. The van der Waals surface area contributed by atoms with E-state index < -0.39 is 0 Å². The monoisotopic (exact) mass is 373 g/mol. The smallest absolute Gasteiger partial charge is 0.247 e. The fourth-order valence-electron chi connectivity index (χ4n) is 3.20. The lowest BCUT2D eigenvalue weighted by molar-refractivity contribution is 0.218. The standard InChI is InChI=1S/C23H23N3O2/c1-16(22-24-25-23(28-22)19-10-12-21(27-3)13-11-19)26(2)15-17-8-9-18-6-4-5-7-20(18)14-17/h4-14,16H,15H2,1-3H3/t16-/m0/s1. The molecule has 142 valence electrons. The molecule has 0 spiro atoms. The molecule has 0 fully saturated rings. The first kappa shape index (κ1) is 18.2. The summed E-state index contributed by atoms with van der Waals surface area (Å²) in [6.07, 6.45) is 0. The van der Waals surface area contributed by atoms with Gasteiger partial charge in [0, 0.05) is 12.1 Å². The molecule has 5 heteroatoms. The van der Waals surface area contributed by atoms with Gasteiger partial charge in [0.1, 0.15) is 5.75 Å². The van der Waals surface area contributed by atoms with Crippen molar-refractivity contribution in [1.29, 1.82) is 0 Å². The summed E-state index contributed by atoms with van der Waals surface area (Å²) in [5.74, 6) is 1.92. The summed E-state index contributed by atoms with van der Waals surface area (Å²) in [5.41, 5.74) is 2.13. The van der Waals surface area contributed by atoms with Crippen LogP contribution < -0.4 is 4.74 Å². The normalized spacial score (nSPS) is 12.4. The molecule has 0 N–H and O–H groups in total. The molecule has 0 aliphatic heterocycles. The lowest BCUT2D eigenvalue weighted by Gasteiger charge is -2.22. The molecule has 0 radical (unpaired) electrons. The Hall–Kier alpha value is -3.18. The highest BCUT2D eigenvalue weighted by molar-refractivity contribution is 5.82. The van der Waals surface area contributed by atoms with Gasteiger partial charge in [-0.3, -0.25) is 4.90 Å². The summed E-state index contributed by atoms with van der Waals surface area (Å²) in [4.78, 5) is 2.20. The number of methoxy groups -OCH3 is 1. The van der Waals surface area contributed by atoms with Crippen LogP contribution in [0.15, 0.2) is 71.1 Å². The first-order valence-corrected chi connectivity index (χ1v) is 9.30. The minimum atomic E-state index is 0.00553. The second kappa shape index (κ2) is 7.82. The molecule has 5 nitrogen and oxygen atoms in total. The van der Waals surface area contributed by atoms with Crippen molar-refractivity contribution in [3.05, 3.63) is 78.2 Å². The van der Waals surface area contributed by atoms with E-state index in [1.807, 2.05) is 24.3 Å². The molecule has 28 heavy (non-hydrogen) atoms.